The van der Waals surface area contributed by atoms with Crippen LogP contribution in [0.3, 0.4) is 0 Å². The first-order valence-corrected chi connectivity index (χ1v) is 9.81. The number of carbonyl (C=O) groups excluding carboxylic acids is 2. The van der Waals surface area contributed by atoms with E-state index in [1.807, 2.05) is 51.1 Å². The molecule has 27 heavy (non-hydrogen) atoms. The second kappa shape index (κ2) is 10.1. The molecule has 144 valence electrons. The van der Waals surface area contributed by atoms with Crippen LogP contribution in [0.1, 0.15) is 49.5 Å². The Labute approximate surface area is 168 Å². The fraction of sp³-hybridized carbons (Fsp3) is 0.333. The second-order valence-corrected chi connectivity index (χ2v) is 7.40. The third-order valence-corrected chi connectivity index (χ3v) is 4.21. The van der Waals surface area contributed by atoms with E-state index in [0.717, 1.165) is 22.1 Å². The summed E-state index contributed by atoms with van der Waals surface area (Å²) >= 11 is 3.40. The van der Waals surface area contributed by atoms with Gasteiger partial charge in [0.05, 0.1) is 11.7 Å². The molecule has 0 bridgehead atoms. The minimum Gasteiger partial charge on any atom is -0.490 e. The van der Waals surface area contributed by atoms with Gasteiger partial charge >= 0.3 is 0 Å². The molecule has 0 aromatic heterocycles. The number of nitrogens with one attached hydrogen (secondary N) is 2. The van der Waals surface area contributed by atoms with Crippen molar-refractivity contribution in [2.24, 2.45) is 0 Å². The van der Waals surface area contributed by atoms with Crippen LogP contribution in [0.25, 0.3) is 0 Å². The molecule has 0 saturated heterocycles. The van der Waals surface area contributed by atoms with Gasteiger partial charge in [0.2, 0.25) is 5.91 Å². The van der Waals surface area contributed by atoms with Crippen LogP contribution in [0.4, 0.5) is 5.69 Å². The molecular weight excluding hydrogens is 408 g/mol. The van der Waals surface area contributed by atoms with Crippen molar-refractivity contribution in [3.05, 3.63) is 58.1 Å². The summed E-state index contributed by atoms with van der Waals surface area (Å²) in [6.07, 6.45) is 1.29. The zero-order valence-electron chi connectivity index (χ0n) is 15.8. The summed E-state index contributed by atoms with van der Waals surface area (Å²) in [7, 11) is 0. The number of benzene rings is 2. The predicted molar refractivity (Wildman–Crippen MR) is 111 cm³/mol. The van der Waals surface area contributed by atoms with Crippen LogP contribution in [0, 0.1) is 0 Å². The van der Waals surface area contributed by atoms with Gasteiger partial charge in [-0.2, -0.15) is 0 Å². The fourth-order valence-corrected chi connectivity index (χ4v) is 2.81. The monoisotopic (exact) mass is 432 g/mol. The quantitative estimate of drug-likeness (QED) is 0.622. The van der Waals surface area contributed by atoms with Crippen molar-refractivity contribution in [1.82, 2.24) is 5.32 Å². The lowest BCUT2D eigenvalue weighted by atomic mass is 10.1. The van der Waals surface area contributed by atoms with Crippen LogP contribution in [0.15, 0.2) is 46.9 Å². The fourth-order valence-electron chi connectivity index (χ4n) is 2.47. The van der Waals surface area contributed by atoms with E-state index < -0.39 is 0 Å². The minimum atomic E-state index is -0.196. The van der Waals surface area contributed by atoms with Gasteiger partial charge in [0, 0.05) is 23.1 Å². The molecule has 0 unspecified atom stereocenters. The lowest BCUT2D eigenvalue weighted by Gasteiger charge is -2.15. The average Bonchev–Trinajstić information content (AvgIpc) is 2.60. The Bertz CT molecular complexity index is 789. The van der Waals surface area contributed by atoms with Crippen molar-refractivity contribution >= 4 is 33.4 Å². The maximum absolute atomic E-state index is 12.6. The van der Waals surface area contributed by atoms with E-state index >= 15 is 0 Å². The van der Waals surface area contributed by atoms with Crippen molar-refractivity contribution in [2.75, 3.05) is 5.32 Å². The van der Waals surface area contributed by atoms with Gasteiger partial charge in [-0.1, -0.05) is 35.0 Å². The first-order valence-electron chi connectivity index (χ1n) is 9.02. The zero-order valence-corrected chi connectivity index (χ0v) is 17.4. The largest absolute Gasteiger partial charge is 0.490 e. The highest BCUT2D eigenvalue weighted by Crippen LogP contribution is 2.25. The Balaban J connectivity index is 1.98. The van der Waals surface area contributed by atoms with E-state index in [9.17, 15) is 9.59 Å². The van der Waals surface area contributed by atoms with Gasteiger partial charge in [-0.05, 0) is 56.2 Å². The van der Waals surface area contributed by atoms with Gasteiger partial charge in [0.15, 0.2) is 0 Å². The molecule has 0 spiro atoms. The van der Waals surface area contributed by atoms with Gasteiger partial charge in [-0.3, -0.25) is 9.59 Å². The third-order valence-electron chi connectivity index (χ3n) is 3.72. The molecule has 5 nitrogen and oxygen atoms in total. The van der Waals surface area contributed by atoms with Crippen molar-refractivity contribution in [3.63, 3.8) is 0 Å². The first kappa shape index (κ1) is 21.0. The molecule has 0 saturated carbocycles. The standard InChI is InChI=1S/C21H25BrN2O3/c1-4-5-20(25)24-17-9-6-15(7-10-17)13-23-21(26)18-11-8-16(22)12-19(18)27-14(2)3/h6-12,14H,4-5,13H2,1-3H3,(H,23,26)(H,24,25). The van der Waals surface area contributed by atoms with Gasteiger partial charge < -0.3 is 15.4 Å². The van der Waals surface area contributed by atoms with Gasteiger partial charge in [-0.15, -0.1) is 0 Å². The highest BCUT2D eigenvalue weighted by atomic mass is 79.9. The minimum absolute atomic E-state index is 0.00599. The number of hydrogen-bond acceptors (Lipinski definition) is 3. The summed E-state index contributed by atoms with van der Waals surface area (Å²) in [5.41, 5.74) is 2.19. The van der Waals surface area contributed by atoms with E-state index in [4.69, 9.17) is 4.74 Å². The van der Waals surface area contributed by atoms with E-state index in [1.54, 1.807) is 12.1 Å². The van der Waals surface area contributed by atoms with E-state index in [-0.39, 0.29) is 17.9 Å². The molecular formula is C21H25BrN2O3. The molecule has 2 rings (SSSR count). The third kappa shape index (κ3) is 6.71. The Hall–Kier alpha value is -2.34. The highest BCUT2D eigenvalue weighted by molar-refractivity contribution is 9.10. The number of ether oxygens (including phenoxy) is 1. The summed E-state index contributed by atoms with van der Waals surface area (Å²) in [4.78, 5) is 24.2. The van der Waals surface area contributed by atoms with Gasteiger partial charge in [0.1, 0.15) is 5.75 Å². The van der Waals surface area contributed by atoms with Crippen LogP contribution < -0.4 is 15.4 Å². The van der Waals surface area contributed by atoms with E-state index in [2.05, 4.69) is 26.6 Å². The van der Waals surface area contributed by atoms with Crippen LogP contribution >= 0.6 is 15.9 Å². The lowest BCUT2D eigenvalue weighted by molar-refractivity contribution is -0.116. The van der Waals surface area contributed by atoms with Crippen molar-refractivity contribution < 1.29 is 14.3 Å². The van der Waals surface area contributed by atoms with E-state index in [0.29, 0.717) is 24.3 Å². The smallest absolute Gasteiger partial charge is 0.255 e. The van der Waals surface area contributed by atoms with Crippen molar-refractivity contribution in [3.8, 4) is 5.75 Å². The topological polar surface area (TPSA) is 67.4 Å². The second-order valence-electron chi connectivity index (χ2n) is 6.48. The summed E-state index contributed by atoms with van der Waals surface area (Å²) in [6.45, 7) is 6.19. The summed E-state index contributed by atoms with van der Waals surface area (Å²) in [5.74, 6) is 0.357. The number of amides is 2. The SMILES string of the molecule is CCCC(=O)Nc1ccc(CNC(=O)c2ccc(Br)cc2OC(C)C)cc1. The van der Waals surface area contributed by atoms with Crippen LogP contribution in [-0.4, -0.2) is 17.9 Å². The summed E-state index contributed by atoms with van der Waals surface area (Å²) in [5, 5.41) is 5.75. The molecule has 2 aromatic carbocycles. The molecule has 0 aliphatic rings. The Kier molecular flexibility index (Phi) is 7.85. The number of rotatable bonds is 8. The molecule has 0 fully saturated rings. The van der Waals surface area contributed by atoms with Gasteiger partial charge in [-0.25, -0.2) is 0 Å². The van der Waals surface area contributed by atoms with Gasteiger partial charge in [0.25, 0.3) is 5.91 Å². The molecule has 0 heterocycles. The molecule has 0 aliphatic carbocycles. The molecule has 0 radical (unpaired) electrons. The van der Waals surface area contributed by atoms with Crippen LogP contribution in [-0.2, 0) is 11.3 Å². The molecule has 2 N–H and O–H groups in total. The first-order chi connectivity index (χ1) is 12.9. The summed E-state index contributed by atoms with van der Waals surface area (Å²) in [6, 6.07) is 12.8. The number of halogens is 1. The molecule has 2 aromatic rings. The van der Waals surface area contributed by atoms with E-state index in [1.165, 1.54) is 0 Å². The maximum atomic E-state index is 12.6. The zero-order chi connectivity index (χ0) is 19.8. The lowest BCUT2D eigenvalue weighted by Crippen LogP contribution is -2.24. The molecule has 2 amide bonds. The Morgan fingerprint density at radius 3 is 2.44 bits per heavy atom. The van der Waals surface area contributed by atoms with Crippen molar-refractivity contribution in [1.29, 1.82) is 0 Å². The Morgan fingerprint density at radius 2 is 1.81 bits per heavy atom. The molecule has 0 atom stereocenters. The van der Waals surface area contributed by atoms with Crippen LogP contribution in [0.5, 0.6) is 5.75 Å². The van der Waals surface area contributed by atoms with Crippen molar-refractivity contribution in [2.45, 2.75) is 46.3 Å². The van der Waals surface area contributed by atoms with Crippen LogP contribution in [0.2, 0.25) is 0 Å². The number of hydrogen-bond donors (Lipinski definition) is 2. The summed E-state index contributed by atoms with van der Waals surface area (Å²) < 4.78 is 6.60. The predicted octanol–water partition coefficient (Wildman–Crippen LogP) is 4.90. The average molecular weight is 433 g/mol. The molecule has 0 aliphatic heterocycles. The molecule has 6 heteroatoms. The highest BCUT2D eigenvalue weighted by Gasteiger charge is 2.14. The number of carbonyl (C=O) groups is 2. The Morgan fingerprint density at radius 1 is 1.11 bits per heavy atom. The maximum Gasteiger partial charge on any atom is 0.255 e. The normalized spacial score (nSPS) is 10.6. The number of anilines is 1.